The van der Waals surface area contributed by atoms with Gasteiger partial charge in [-0.25, -0.2) is 18.4 Å². The Morgan fingerprint density at radius 3 is 2.35 bits per heavy atom. The number of anilines is 1. The minimum Gasteiger partial charge on any atom is -0.475 e. The molecule has 3 rings (SSSR count). The molecule has 1 aromatic heterocycles. The minimum atomic E-state index is -3.84. The molecule has 136 valence electrons. The lowest BCUT2D eigenvalue weighted by Gasteiger charge is -2.13. The molecule has 0 spiro atoms. The average Bonchev–Trinajstić information content (AvgIpc) is 2.62. The van der Waals surface area contributed by atoms with E-state index in [-0.39, 0.29) is 16.6 Å². The van der Waals surface area contributed by atoms with Crippen LogP contribution >= 0.6 is 11.6 Å². The van der Waals surface area contributed by atoms with Crippen LogP contribution in [0, 0.1) is 0 Å². The number of para-hydroxylation sites is 2. The van der Waals surface area contributed by atoms with E-state index in [9.17, 15) is 8.42 Å². The Kier molecular flexibility index (Phi) is 5.58. The zero-order valence-electron chi connectivity index (χ0n) is 14.1. The van der Waals surface area contributed by atoms with Gasteiger partial charge in [0.2, 0.25) is 5.82 Å². The summed E-state index contributed by atoms with van der Waals surface area (Å²) in [5.74, 6) is 0.226. The maximum Gasteiger partial charge on any atom is 0.263 e. The summed E-state index contributed by atoms with van der Waals surface area (Å²) in [5.41, 5.74) is 1.21. The Morgan fingerprint density at radius 2 is 1.69 bits per heavy atom. The number of fused-ring (bicyclic) bond motifs is 1. The van der Waals surface area contributed by atoms with E-state index in [2.05, 4.69) is 14.7 Å². The van der Waals surface area contributed by atoms with E-state index in [4.69, 9.17) is 16.3 Å². The fourth-order valence-corrected chi connectivity index (χ4v) is 3.39. The largest absolute Gasteiger partial charge is 0.475 e. The fourth-order valence-electron chi connectivity index (χ4n) is 2.26. The van der Waals surface area contributed by atoms with Crippen molar-refractivity contribution in [1.29, 1.82) is 0 Å². The van der Waals surface area contributed by atoms with Crippen LogP contribution in [0.15, 0.2) is 53.4 Å². The maximum absolute atomic E-state index is 12.7. The second kappa shape index (κ2) is 7.88. The molecule has 1 heterocycles. The molecule has 26 heavy (non-hydrogen) atoms. The molecule has 0 unspecified atom stereocenters. The van der Waals surface area contributed by atoms with Crippen molar-refractivity contribution in [3.05, 3.63) is 53.6 Å². The second-order valence-corrected chi connectivity index (χ2v) is 7.75. The zero-order chi connectivity index (χ0) is 18.6. The lowest BCUT2D eigenvalue weighted by molar-refractivity contribution is 0.299. The molecule has 1 N–H and O–H groups in total. The molecule has 8 heteroatoms. The van der Waals surface area contributed by atoms with Crippen LogP contribution in [0.4, 0.5) is 5.82 Å². The second-order valence-electron chi connectivity index (χ2n) is 5.63. The number of unbranched alkanes of at least 4 members (excludes halogenated alkanes) is 1. The molecule has 0 aliphatic rings. The number of nitrogens with zero attached hydrogens (tertiary/aromatic N) is 2. The van der Waals surface area contributed by atoms with Gasteiger partial charge in [-0.1, -0.05) is 37.1 Å². The molecule has 0 saturated carbocycles. The number of sulfonamides is 1. The van der Waals surface area contributed by atoms with E-state index >= 15 is 0 Å². The number of nitrogens with one attached hydrogen (secondary N) is 1. The molecule has 0 amide bonds. The molecule has 0 aliphatic carbocycles. The molecule has 0 bridgehead atoms. The van der Waals surface area contributed by atoms with Crippen LogP contribution in [0.5, 0.6) is 5.88 Å². The third-order valence-corrected chi connectivity index (χ3v) is 5.24. The predicted molar refractivity (Wildman–Crippen MR) is 102 cm³/mol. The first-order chi connectivity index (χ1) is 12.5. The van der Waals surface area contributed by atoms with Crippen molar-refractivity contribution >= 4 is 38.5 Å². The van der Waals surface area contributed by atoms with Crippen molar-refractivity contribution in [2.75, 3.05) is 11.3 Å². The number of rotatable bonds is 7. The first kappa shape index (κ1) is 18.4. The van der Waals surface area contributed by atoms with Gasteiger partial charge < -0.3 is 4.74 Å². The predicted octanol–water partition coefficient (Wildman–Crippen LogP) is 4.26. The van der Waals surface area contributed by atoms with Crippen LogP contribution in [-0.4, -0.2) is 25.0 Å². The van der Waals surface area contributed by atoms with Crippen molar-refractivity contribution < 1.29 is 13.2 Å². The molecule has 2 aromatic carbocycles. The Bertz CT molecular complexity index is 1010. The Morgan fingerprint density at radius 1 is 1.04 bits per heavy atom. The number of halogens is 1. The lowest BCUT2D eigenvalue weighted by Crippen LogP contribution is -2.16. The standard InChI is InChI=1S/C18H18ClN3O3S/c1-2-3-12-25-18-17(20-15-6-4-5-7-16(15)21-18)22-26(23,24)14-10-8-13(19)9-11-14/h4-11H,2-3,12H2,1H3,(H,20,22). The summed E-state index contributed by atoms with van der Waals surface area (Å²) in [7, 11) is -3.84. The Hall–Kier alpha value is -2.38. The summed E-state index contributed by atoms with van der Waals surface area (Å²) in [4.78, 5) is 8.86. The molecule has 0 radical (unpaired) electrons. The van der Waals surface area contributed by atoms with Crippen LogP contribution in [-0.2, 0) is 10.0 Å². The highest BCUT2D eigenvalue weighted by molar-refractivity contribution is 7.92. The Balaban J connectivity index is 1.98. The summed E-state index contributed by atoms with van der Waals surface area (Å²) in [6, 6.07) is 13.1. The Labute approximate surface area is 157 Å². The van der Waals surface area contributed by atoms with Gasteiger partial charge in [-0.05, 0) is 42.8 Å². The van der Waals surface area contributed by atoms with E-state index in [0.29, 0.717) is 22.7 Å². The van der Waals surface area contributed by atoms with Crippen LogP contribution < -0.4 is 9.46 Å². The van der Waals surface area contributed by atoms with Gasteiger partial charge in [-0.2, -0.15) is 0 Å². The number of hydrogen-bond donors (Lipinski definition) is 1. The number of ether oxygens (including phenoxy) is 1. The summed E-state index contributed by atoms with van der Waals surface area (Å²) in [6.07, 6.45) is 1.78. The van der Waals surface area contributed by atoms with E-state index in [1.165, 1.54) is 24.3 Å². The van der Waals surface area contributed by atoms with Crippen LogP contribution in [0.25, 0.3) is 11.0 Å². The molecule has 0 atom stereocenters. The molecule has 3 aromatic rings. The summed E-state index contributed by atoms with van der Waals surface area (Å²) >= 11 is 5.83. The number of benzene rings is 2. The van der Waals surface area contributed by atoms with Gasteiger partial charge in [-0.15, -0.1) is 0 Å². The summed E-state index contributed by atoms with van der Waals surface area (Å²) in [5, 5.41) is 0.457. The molecule has 0 saturated heterocycles. The number of hydrogen-bond acceptors (Lipinski definition) is 5. The SMILES string of the molecule is CCCCOc1nc2ccccc2nc1NS(=O)(=O)c1ccc(Cl)cc1. The highest BCUT2D eigenvalue weighted by atomic mass is 35.5. The van der Waals surface area contributed by atoms with E-state index in [0.717, 1.165) is 12.8 Å². The van der Waals surface area contributed by atoms with Crippen molar-refractivity contribution in [2.45, 2.75) is 24.7 Å². The maximum atomic E-state index is 12.7. The smallest absolute Gasteiger partial charge is 0.263 e. The quantitative estimate of drug-likeness (QED) is 0.608. The van der Waals surface area contributed by atoms with Gasteiger partial charge in [0.1, 0.15) is 0 Å². The highest BCUT2D eigenvalue weighted by Gasteiger charge is 2.19. The van der Waals surface area contributed by atoms with Crippen LogP contribution in [0.2, 0.25) is 5.02 Å². The highest BCUT2D eigenvalue weighted by Crippen LogP contribution is 2.26. The molecule has 6 nitrogen and oxygen atoms in total. The van der Waals surface area contributed by atoms with Gasteiger partial charge in [0.15, 0.2) is 0 Å². The zero-order valence-corrected chi connectivity index (χ0v) is 15.7. The van der Waals surface area contributed by atoms with Gasteiger partial charge >= 0.3 is 0 Å². The van der Waals surface area contributed by atoms with Gasteiger partial charge in [0, 0.05) is 5.02 Å². The minimum absolute atomic E-state index is 0.0646. The van der Waals surface area contributed by atoms with Gasteiger partial charge in [0.05, 0.1) is 22.5 Å². The molecular formula is C18H18ClN3O3S. The van der Waals surface area contributed by atoms with E-state index in [1.54, 1.807) is 12.1 Å². The molecular weight excluding hydrogens is 374 g/mol. The first-order valence-electron chi connectivity index (χ1n) is 8.17. The van der Waals surface area contributed by atoms with Crippen molar-refractivity contribution in [3.8, 4) is 5.88 Å². The van der Waals surface area contributed by atoms with Crippen molar-refractivity contribution in [1.82, 2.24) is 9.97 Å². The molecule has 0 aliphatic heterocycles. The monoisotopic (exact) mass is 391 g/mol. The van der Waals surface area contributed by atoms with E-state index < -0.39 is 10.0 Å². The van der Waals surface area contributed by atoms with E-state index in [1.807, 2.05) is 19.1 Å². The molecule has 0 fully saturated rings. The lowest BCUT2D eigenvalue weighted by atomic mass is 10.3. The van der Waals surface area contributed by atoms with Gasteiger partial charge in [0.25, 0.3) is 15.9 Å². The third-order valence-electron chi connectivity index (χ3n) is 3.63. The summed E-state index contributed by atoms with van der Waals surface area (Å²) < 4.78 is 33.4. The van der Waals surface area contributed by atoms with Crippen molar-refractivity contribution in [3.63, 3.8) is 0 Å². The fraction of sp³-hybridized carbons (Fsp3) is 0.222. The van der Waals surface area contributed by atoms with Gasteiger partial charge in [-0.3, -0.25) is 4.72 Å². The van der Waals surface area contributed by atoms with Crippen LogP contribution in [0.1, 0.15) is 19.8 Å². The summed E-state index contributed by atoms with van der Waals surface area (Å²) in [6.45, 7) is 2.47. The van der Waals surface area contributed by atoms with Crippen molar-refractivity contribution in [2.24, 2.45) is 0 Å². The topological polar surface area (TPSA) is 81.2 Å². The first-order valence-corrected chi connectivity index (χ1v) is 10.0. The normalized spacial score (nSPS) is 11.5. The third kappa shape index (κ3) is 4.23. The van der Waals surface area contributed by atoms with Crippen LogP contribution in [0.3, 0.4) is 0 Å². The average molecular weight is 392 g/mol. The number of aromatic nitrogens is 2.